The molecular weight excluding hydrogens is 535 g/mol. The van der Waals surface area contributed by atoms with E-state index in [0.29, 0.717) is 22.8 Å². The van der Waals surface area contributed by atoms with Crippen molar-refractivity contribution < 1.29 is 45.8 Å². The first-order valence-corrected chi connectivity index (χ1v) is 12.0. The highest BCUT2D eigenvalue weighted by molar-refractivity contribution is 7.89. The molecule has 0 saturated heterocycles. The zero-order chi connectivity index (χ0) is 28.3. The molecule has 202 valence electrons. The zero-order valence-electron chi connectivity index (χ0n) is 19.8. The molecule has 4 rings (SSSR count). The number of aryl methyl sites for hydroxylation is 1. The third-order valence-electron chi connectivity index (χ3n) is 5.18. The van der Waals surface area contributed by atoms with Crippen LogP contribution in [-0.4, -0.2) is 70.0 Å². The summed E-state index contributed by atoms with van der Waals surface area (Å²) in [5.41, 5.74) is 1.86. The van der Waals surface area contributed by atoms with Gasteiger partial charge in [-0.05, 0) is 31.2 Å². The summed E-state index contributed by atoms with van der Waals surface area (Å²) in [6.07, 6.45) is -2.07. The number of carbonyl (C=O) groups excluding carboxylic acids is 2. The first-order chi connectivity index (χ1) is 17.8. The molecule has 2 aromatic heterocycles. The zero-order valence-corrected chi connectivity index (χ0v) is 20.6. The van der Waals surface area contributed by atoms with E-state index < -0.39 is 40.6 Å². The molecule has 0 unspecified atom stereocenters. The van der Waals surface area contributed by atoms with E-state index in [9.17, 15) is 31.2 Å². The van der Waals surface area contributed by atoms with E-state index in [1.54, 1.807) is 48.0 Å². The lowest BCUT2D eigenvalue weighted by molar-refractivity contribution is -0.192. The molecule has 0 saturated carbocycles. The van der Waals surface area contributed by atoms with E-state index in [-0.39, 0.29) is 17.1 Å². The maximum atomic E-state index is 13.2. The number of aromatic nitrogens is 3. The molecule has 1 aromatic carbocycles. The highest BCUT2D eigenvalue weighted by Crippen LogP contribution is 2.31. The number of aliphatic carboxylic acids is 1. The SMILES string of the molecule is COC(=O)CN1Cc2c(C(=O)Nc3cccnc3C)ncn2-c2ccccc2S1(=O)=O.O=C(O)C(F)(F)F. The predicted octanol–water partition coefficient (Wildman–Crippen LogP) is 2.14. The highest BCUT2D eigenvalue weighted by Gasteiger charge is 2.38. The fraction of sp³-hybridized carbons (Fsp3) is 0.227. The van der Waals surface area contributed by atoms with Gasteiger partial charge in [0.15, 0.2) is 5.69 Å². The molecule has 38 heavy (non-hydrogen) atoms. The number of para-hydroxylation sites is 1. The van der Waals surface area contributed by atoms with E-state index >= 15 is 0 Å². The van der Waals surface area contributed by atoms with Gasteiger partial charge >= 0.3 is 18.1 Å². The number of methoxy groups -OCH3 is 1. The fourth-order valence-corrected chi connectivity index (χ4v) is 4.86. The van der Waals surface area contributed by atoms with Crippen molar-refractivity contribution in [3.8, 4) is 5.69 Å². The second-order valence-electron chi connectivity index (χ2n) is 7.62. The predicted molar refractivity (Wildman–Crippen MR) is 124 cm³/mol. The minimum atomic E-state index is -5.08. The van der Waals surface area contributed by atoms with Crippen LogP contribution in [-0.2, 0) is 30.9 Å². The van der Waals surface area contributed by atoms with Gasteiger partial charge in [-0.3, -0.25) is 19.1 Å². The van der Waals surface area contributed by atoms with E-state index in [2.05, 4.69) is 20.0 Å². The van der Waals surface area contributed by atoms with Gasteiger partial charge in [0.1, 0.15) is 17.8 Å². The largest absolute Gasteiger partial charge is 0.490 e. The van der Waals surface area contributed by atoms with Gasteiger partial charge < -0.3 is 15.2 Å². The van der Waals surface area contributed by atoms with Gasteiger partial charge in [-0.15, -0.1) is 0 Å². The van der Waals surface area contributed by atoms with Crippen molar-refractivity contribution in [1.29, 1.82) is 0 Å². The summed E-state index contributed by atoms with van der Waals surface area (Å²) in [6, 6.07) is 9.74. The van der Waals surface area contributed by atoms with Crippen LogP contribution in [0.4, 0.5) is 18.9 Å². The third-order valence-corrected chi connectivity index (χ3v) is 7.02. The number of pyridine rings is 1. The van der Waals surface area contributed by atoms with E-state index in [1.165, 1.54) is 19.5 Å². The molecule has 3 aromatic rings. The van der Waals surface area contributed by atoms with E-state index in [0.717, 1.165) is 4.31 Å². The van der Waals surface area contributed by atoms with Gasteiger partial charge in [0.25, 0.3) is 5.91 Å². The van der Waals surface area contributed by atoms with Crippen LogP contribution in [0.15, 0.2) is 53.8 Å². The number of imidazole rings is 1. The normalized spacial score (nSPS) is 14.1. The molecule has 3 heterocycles. The van der Waals surface area contributed by atoms with E-state index in [1.807, 2.05) is 0 Å². The van der Waals surface area contributed by atoms with Crippen LogP contribution in [0.25, 0.3) is 5.69 Å². The number of hydrogen-bond acceptors (Lipinski definition) is 8. The molecule has 16 heteroatoms. The Morgan fingerprint density at radius 1 is 1.13 bits per heavy atom. The molecule has 0 radical (unpaired) electrons. The summed E-state index contributed by atoms with van der Waals surface area (Å²) < 4.78 is 65.4. The average molecular weight is 555 g/mol. The minimum absolute atomic E-state index is 0.00474. The number of carbonyl (C=O) groups is 3. The Labute approximate surface area is 213 Å². The summed E-state index contributed by atoms with van der Waals surface area (Å²) in [7, 11) is -2.85. The Morgan fingerprint density at radius 3 is 2.39 bits per heavy atom. The Morgan fingerprint density at radius 2 is 1.79 bits per heavy atom. The molecule has 0 atom stereocenters. The molecule has 2 N–H and O–H groups in total. The topological polar surface area (TPSA) is 161 Å². The van der Waals surface area contributed by atoms with Crippen LogP contribution in [0.5, 0.6) is 0 Å². The number of esters is 1. The van der Waals surface area contributed by atoms with Crippen molar-refractivity contribution in [2.45, 2.75) is 24.5 Å². The standard InChI is InChI=1S/C20H19N5O5S.C2HF3O2/c1-13-14(6-5-9-21-13)23-20(27)19-16-10-24(11-18(26)30-2)31(28,29)17-8-4-3-7-15(17)25(16)12-22-19;3-2(4,5)1(6)7/h3-9,12H,10-11H2,1-2H3,(H,23,27);(H,6,7). The number of nitrogens with one attached hydrogen (secondary N) is 1. The number of benzene rings is 1. The molecule has 1 aliphatic rings. The summed E-state index contributed by atoms with van der Waals surface area (Å²) >= 11 is 0. The van der Waals surface area contributed by atoms with Crippen molar-refractivity contribution in [2.75, 3.05) is 19.0 Å². The number of rotatable bonds is 4. The van der Waals surface area contributed by atoms with Crippen LogP contribution >= 0.6 is 0 Å². The van der Waals surface area contributed by atoms with Crippen molar-refractivity contribution >= 4 is 33.6 Å². The molecule has 12 nitrogen and oxygen atoms in total. The lowest BCUT2D eigenvalue weighted by atomic mass is 10.2. The monoisotopic (exact) mass is 555 g/mol. The number of fused-ring (bicyclic) bond motifs is 3. The number of alkyl halides is 3. The maximum absolute atomic E-state index is 13.2. The molecule has 1 amide bonds. The second-order valence-corrected chi connectivity index (χ2v) is 9.53. The Bertz CT molecular complexity index is 1490. The number of amides is 1. The van der Waals surface area contributed by atoms with E-state index in [4.69, 9.17) is 9.90 Å². The number of hydrogen-bond donors (Lipinski definition) is 2. The third kappa shape index (κ3) is 5.97. The summed E-state index contributed by atoms with van der Waals surface area (Å²) in [4.78, 5) is 42.2. The number of ether oxygens (including phenoxy) is 1. The maximum Gasteiger partial charge on any atom is 0.490 e. The molecule has 0 bridgehead atoms. The smallest absolute Gasteiger partial charge is 0.475 e. The van der Waals surface area contributed by atoms with Crippen molar-refractivity contribution in [2.24, 2.45) is 0 Å². The first kappa shape index (κ1) is 28.3. The molecular formula is C22H20F3N5O7S. The van der Waals surface area contributed by atoms with Crippen LogP contribution in [0.1, 0.15) is 21.9 Å². The first-order valence-electron chi connectivity index (χ1n) is 10.5. The van der Waals surface area contributed by atoms with Gasteiger partial charge in [-0.2, -0.15) is 17.5 Å². The number of sulfonamides is 1. The summed E-state index contributed by atoms with van der Waals surface area (Å²) in [6.45, 7) is 1.02. The van der Waals surface area contributed by atoms with Crippen LogP contribution in [0, 0.1) is 6.92 Å². The Kier molecular flexibility index (Phi) is 8.16. The lowest BCUT2D eigenvalue weighted by Gasteiger charge is -2.19. The lowest BCUT2D eigenvalue weighted by Crippen LogP contribution is -2.35. The summed E-state index contributed by atoms with van der Waals surface area (Å²) in [5.74, 6) is -3.99. The van der Waals surface area contributed by atoms with Crippen LogP contribution in [0.3, 0.4) is 0 Å². The van der Waals surface area contributed by atoms with Crippen molar-refractivity contribution in [3.63, 3.8) is 0 Å². The van der Waals surface area contributed by atoms with Gasteiger partial charge in [0.2, 0.25) is 10.0 Å². The second kappa shape index (κ2) is 11.0. The van der Waals surface area contributed by atoms with Crippen LogP contribution < -0.4 is 5.32 Å². The molecule has 0 fully saturated rings. The molecule has 0 spiro atoms. The quantitative estimate of drug-likeness (QED) is 0.460. The highest BCUT2D eigenvalue weighted by atomic mass is 32.2. The van der Waals surface area contributed by atoms with Crippen molar-refractivity contribution in [1.82, 2.24) is 18.8 Å². The number of anilines is 1. The minimum Gasteiger partial charge on any atom is -0.475 e. The van der Waals surface area contributed by atoms with Gasteiger partial charge in [0.05, 0.1) is 36.4 Å². The van der Waals surface area contributed by atoms with Gasteiger partial charge in [-0.1, -0.05) is 12.1 Å². The van der Waals surface area contributed by atoms with Gasteiger partial charge in [0, 0.05) is 6.20 Å². The van der Waals surface area contributed by atoms with Crippen molar-refractivity contribution in [3.05, 3.63) is 66.0 Å². The number of carboxylic acids is 1. The average Bonchev–Trinajstić information content (AvgIpc) is 3.24. The molecule has 1 aliphatic heterocycles. The number of carboxylic acid groups (broad SMARTS) is 1. The van der Waals surface area contributed by atoms with Gasteiger partial charge in [-0.25, -0.2) is 18.2 Å². The molecule has 0 aliphatic carbocycles. The summed E-state index contributed by atoms with van der Waals surface area (Å²) in [5, 5.41) is 9.88. The Balaban J connectivity index is 0.000000505. The Hall–Kier alpha value is -4.31. The number of halogens is 3. The fourth-order valence-electron chi connectivity index (χ4n) is 3.33. The number of nitrogens with zero attached hydrogens (tertiary/aromatic N) is 4. The van der Waals surface area contributed by atoms with Crippen LogP contribution in [0.2, 0.25) is 0 Å².